The maximum Gasteiger partial charge on any atom is 0.108 e. The standard InChI is InChI=1S/C13H22FN/c1-10(2)6-13-4-3-5-15(13)9-12(8-13)7-11(12)14/h10-11H,3-9H2,1-2H3/t11-,12+,13+/m0/s1/i5D2,6D2. The topological polar surface area (TPSA) is 3.24 Å². The van der Waals surface area contributed by atoms with Gasteiger partial charge in [0.1, 0.15) is 6.17 Å². The summed E-state index contributed by atoms with van der Waals surface area (Å²) in [5, 5.41) is 0. The van der Waals surface area contributed by atoms with Crippen molar-refractivity contribution in [3.63, 3.8) is 0 Å². The summed E-state index contributed by atoms with van der Waals surface area (Å²) in [5.41, 5.74) is -1.28. The van der Waals surface area contributed by atoms with E-state index in [1.807, 2.05) is 13.8 Å². The summed E-state index contributed by atoms with van der Waals surface area (Å²) < 4.78 is 46.9. The average molecular weight is 215 g/mol. The number of hydrogen-bond donors (Lipinski definition) is 0. The highest BCUT2D eigenvalue weighted by atomic mass is 19.1. The Labute approximate surface area is 97.6 Å². The first-order valence-electron chi connectivity index (χ1n) is 7.99. The molecule has 1 saturated carbocycles. The SMILES string of the molecule is [2H]C1([2H])CC[C@@]2(C([2H])([2H])C(C)C)C[C@]3(C[C@@H]3F)CN12. The smallest absolute Gasteiger partial charge is 0.108 e. The van der Waals surface area contributed by atoms with Gasteiger partial charge in [0, 0.05) is 23.0 Å². The van der Waals surface area contributed by atoms with Crippen LogP contribution in [0.5, 0.6) is 0 Å². The fraction of sp³-hybridized carbons (Fsp3) is 1.00. The molecule has 0 aromatic rings. The molecule has 1 spiro atoms. The fourth-order valence-electron chi connectivity index (χ4n) is 3.41. The van der Waals surface area contributed by atoms with Crippen molar-refractivity contribution in [2.45, 2.75) is 57.6 Å². The molecule has 1 nitrogen and oxygen atoms in total. The number of rotatable bonds is 2. The van der Waals surface area contributed by atoms with Crippen LogP contribution in [-0.4, -0.2) is 29.7 Å². The summed E-state index contributed by atoms with van der Waals surface area (Å²) in [6, 6.07) is 0. The van der Waals surface area contributed by atoms with Crippen LogP contribution >= 0.6 is 0 Å². The Morgan fingerprint density at radius 3 is 3.00 bits per heavy atom. The summed E-state index contributed by atoms with van der Waals surface area (Å²) in [6.45, 7) is 2.57. The van der Waals surface area contributed by atoms with Crippen molar-refractivity contribution in [3.05, 3.63) is 0 Å². The Balaban J connectivity index is 2.03. The van der Waals surface area contributed by atoms with Crippen LogP contribution in [0.1, 0.15) is 51.4 Å². The lowest BCUT2D eigenvalue weighted by molar-refractivity contribution is 0.163. The molecule has 0 unspecified atom stereocenters. The van der Waals surface area contributed by atoms with Gasteiger partial charge in [-0.15, -0.1) is 0 Å². The number of alkyl halides is 1. The maximum atomic E-state index is 13.7. The van der Waals surface area contributed by atoms with Gasteiger partial charge in [0.25, 0.3) is 0 Å². The van der Waals surface area contributed by atoms with E-state index >= 15 is 0 Å². The first-order chi connectivity index (χ1) is 8.57. The molecular weight excluding hydrogens is 189 g/mol. The maximum absolute atomic E-state index is 13.7. The average Bonchev–Trinajstić information content (AvgIpc) is 2.66. The first-order valence-corrected chi connectivity index (χ1v) is 5.99. The van der Waals surface area contributed by atoms with Gasteiger partial charge >= 0.3 is 0 Å². The zero-order chi connectivity index (χ0) is 14.3. The van der Waals surface area contributed by atoms with E-state index in [1.165, 1.54) is 0 Å². The van der Waals surface area contributed by atoms with Crippen LogP contribution in [0.15, 0.2) is 0 Å². The number of nitrogens with zero attached hydrogens (tertiary/aromatic N) is 1. The molecule has 0 aromatic heterocycles. The zero-order valence-corrected chi connectivity index (χ0v) is 9.52. The van der Waals surface area contributed by atoms with Crippen molar-refractivity contribution >= 4 is 0 Å². The molecule has 0 N–H and O–H groups in total. The Kier molecular flexibility index (Phi) is 1.30. The molecule has 3 fully saturated rings. The highest BCUT2D eigenvalue weighted by Crippen LogP contribution is 2.63. The number of fused-ring (bicyclic) bond motifs is 1. The van der Waals surface area contributed by atoms with Crippen LogP contribution in [0.25, 0.3) is 0 Å². The minimum atomic E-state index is -1.49. The molecule has 2 heterocycles. The van der Waals surface area contributed by atoms with Crippen LogP contribution < -0.4 is 0 Å². The lowest BCUT2D eigenvalue weighted by Crippen LogP contribution is -2.39. The monoisotopic (exact) mass is 215 g/mol. The summed E-state index contributed by atoms with van der Waals surface area (Å²) in [7, 11) is 0. The summed E-state index contributed by atoms with van der Waals surface area (Å²) in [5.74, 6) is -0.198. The quantitative estimate of drug-likeness (QED) is 0.684. The summed E-state index contributed by atoms with van der Waals surface area (Å²) >= 11 is 0. The van der Waals surface area contributed by atoms with Gasteiger partial charge in [0.2, 0.25) is 0 Å². The predicted octanol–water partition coefficient (Wildman–Crippen LogP) is 3.00. The lowest BCUT2D eigenvalue weighted by Gasteiger charge is -2.33. The molecule has 0 aromatic carbocycles. The minimum Gasteiger partial charge on any atom is -0.297 e. The zero-order valence-electron chi connectivity index (χ0n) is 13.5. The molecule has 15 heavy (non-hydrogen) atoms. The Morgan fingerprint density at radius 2 is 2.40 bits per heavy atom. The van der Waals surface area contributed by atoms with Gasteiger partial charge in [0.15, 0.2) is 0 Å². The van der Waals surface area contributed by atoms with Gasteiger partial charge in [-0.3, -0.25) is 4.90 Å². The number of hydrogen-bond acceptors (Lipinski definition) is 1. The normalized spacial score (nSPS) is 57.5. The van der Waals surface area contributed by atoms with E-state index in [0.717, 1.165) is 0 Å². The van der Waals surface area contributed by atoms with E-state index in [9.17, 15) is 4.39 Å². The molecule has 0 amide bonds. The second kappa shape index (κ2) is 2.97. The molecule has 1 aliphatic carbocycles. The minimum absolute atomic E-state index is 0.198. The van der Waals surface area contributed by atoms with E-state index < -0.39 is 30.0 Å². The van der Waals surface area contributed by atoms with Crippen molar-refractivity contribution < 1.29 is 9.87 Å². The van der Waals surface area contributed by atoms with E-state index in [0.29, 0.717) is 32.2 Å². The van der Waals surface area contributed by atoms with Crippen LogP contribution in [0.3, 0.4) is 0 Å². The lowest BCUT2D eigenvalue weighted by atomic mass is 9.82. The van der Waals surface area contributed by atoms with Crippen LogP contribution in [0, 0.1) is 11.3 Å². The molecule has 0 radical (unpaired) electrons. The van der Waals surface area contributed by atoms with Crippen LogP contribution in [-0.2, 0) is 0 Å². The van der Waals surface area contributed by atoms with Gasteiger partial charge in [0.05, 0.1) is 0 Å². The van der Waals surface area contributed by atoms with E-state index in [2.05, 4.69) is 0 Å². The van der Waals surface area contributed by atoms with Crippen LogP contribution in [0.4, 0.5) is 4.39 Å². The largest absolute Gasteiger partial charge is 0.297 e. The second-order valence-electron chi connectivity index (χ2n) is 5.79. The summed E-state index contributed by atoms with van der Waals surface area (Å²) in [4.78, 5) is 1.67. The molecule has 3 atom stereocenters. The highest BCUT2D eigenvalue weighted by molar-refractivity contribution is 5.18. The molecular formula is C13H22FN. The van der Waals surface area contributed by atoms with Crippen molar-refractivity contribution in [1.82, 2.24) is 4.90 Å². The van der Waals surface area contributed by atoms with Crippen molar-refractivity contribution in [3.8, 4) is 0 Å². The van der Waals surface area contributed by atoms with Crippen molar-refractivity contribution in [2.75, 3.05) is 13.0 Å². The second-order valence-corrected chi connectivity index (χ2v) is 5.79. The Morgan fingerprint density at radius 1 is 1.67 bits per heavy atom. The molecule has 3 rings (SSSR count). The van der Waals surface area contributed by atoms with Gasteiger partial charge in [-0.1, -0.05) is 13.8 Å². The molecule has 86 valence electrons. The predicted molar refractivity (Wildman–Crippen MR) is 59.6 cm³/mol. The molecule has 0 bridgehead atoms. The third-order valence-electron chi connectivity index (χ3n) is 4.12. The van der Waals surface area contributed by atoms with Gasteiger partial charge in [-0.2, -0.15) is 0 Å². The van der Waals surface area contributed by atoms with Gasteiger partial charge in [-0.05, 0) is 44.5 Å². The summed E-state index contributed by atoms with van der Waals surface area (Å²) in [6.07, 6.45) is -0.538. The van der Waals surface area contributed by atoms with Gasteiger partial charge in [-0.25, -0.2) is 4.39 Å². The fourth-order valence-corrected chi connectivity index (χ4v) is 3.41. The van der Waals surface area contributed by atoms with E-state index in [1.54, 1.807) is 4.90 Å². The Bertz CT molecular complexity index is 413. The van der Waals surface area contributed by atoms with Crippen molar-refractivity contribution in [1.29, 1.82) is 0 Å². The first kappa shape index (κ1) is 6.58. The molecule has 3 aliphatic rings. The number of halogens is 1. The Hall–Kier alpha value is -0.110. The molecule has 2 saturated heterocycles. The van der Waals surface area contributed by atoms with E-state index in [-0.39, 0.29) is 5.92 Å². The third kappa shape index (κ3) is 1.37. The van der Waals surface area contributed by atoms with Crippen molar-refractivity contribution in [2.24, 2.45) is 11.3 Å². The van der Waals surface area contributed by atoms with E-state index in [4.69, 9.17) is 5.48 Å². The molecule has 2 heteroatoms. The van der Waals surface area contributed by atoms with Crippen LogP contribution in [0.2, 0.25) is 0 Å². The highest BCUT2D eigenvalue weighted by Gasteiger charge is 2.66. The third-order valence-corrected chi connectivity index (χ3v) is 4.12. The molecule has 2 aliphatic heterocycles. The van der Waals surface area contributed by atoms with Gasteiger partial charge < -0.3 is 0 Å².